The van der Waals surface area contributed by atoms with E-state index in [4.69, 9.17) is 5.11 Å². The van der Waals surface area contributed by atoms with Crippen LogP contribution in [-0.4, -0.2) is 35.5 Å². The first-order valence-corrected chi connectivity index (χ1v) is 5.82. The van der Waals surface area contributed by atoms with Crippen LogP contribution in [-0.2, 0) is 9.59 Å². The van der Waals surface area contributed by atoms with Gasteiger partial charge in [-0.1, -0.05) is 27.2 Å². The van der Waals surface area contributed by atoms with Crippen molar-refractivity contribution in [1.82, 2.24) is 4.90 Å². The maximum Gasteiger partial charge on any atom is 0.303 e. The van der Waals surface area contributed by atoms with Crippen LogP contribution in [0.3, 0.4) is 0 Å². The number of amides is 1. The van der Waals surface area contributed by atoms with E-state index in [0.29, 0.717) is 12.3 Å². The first-order valence-electron chi connectivity index (χ1n) is 5.82. The largest absolute Gasteiger partial charge is 0.481 e. The number of hydrogen-bond donors (Lipinski definition) is 1. The first-order chi connectivity index (χ1) is 7.36. The lowest BCUT2D eigenvalue weighted by molar-refractivity contribution is -0.138. The molecule has 0 aromatic carbocycles. The van der Waals surface area contributed by atoms with Crippen molar-refractivity contribution in [3.8, 4) is 0 Å². The van der Waals surface area contributed by atoms with Crippen LogP contribution < -0.4 is 0 Å². The topological polar surface area (TPSA) is 57.6 Å². The molecule has 0 aliphatic heterocycles. The normalized spacial score (nSPS) is 14.2. The fraction of sp³-hybridized carbons (Fsp3) is 0.833. The summed E-state index contributed by atoms with van der Waals surface area (Å²) in [6.07, 6.45) is 1.42. The van der Waals surface area contributed by atoms with Gasteiger partial charge < -0.3 is 10.0 Å². The van der Waals surface area contributed by atoms with Crippen LogP contribution in [0.25, 0.3) is 0 Å². The maximum absolute atomic E-state index is 11.7. The zero-order valence-corrected chi connectivity index (χ0v) is 10.7. The smallest absolute Gasteiger partial charge is 0.303 e. The number of carboxylic acids is 1. The molecule has 0 saturated heterocycles. The van der Waals surface area contributed by atoms with Gasteiger partial charge in [0, 0.05) is 26.4 Å². The van der Waals surface area contributed by atoms with Crippen molar-refractivity contribution in [1.29, 1.82) is 0 Å². The molecule has 0 saturated carbocycles. The van der Waals surface area contributed by atoms with E-state index in [9.17, 15) is 9.59 Å². The van der Waals surface area contributed by atoms with Gasteiger partial charge in [-0.3, -0.25) is 9.59 Å². The highest BCUT2D eigenvalue weighted by atomic mass is 16.4. The monoisotopic (exact) mass is 229 g/mol. The molecule has 0 rings (SSSR count). The third-order valence-corrected chi connectivity index (χ3v) is 2.75. The molecule has 1 N–H and O–H groups in total. The van der Waals surface area contributed by atoms with Crippen molar-refractivity contribution in [2.75, 3.05) is 13.6 Å². The molecule has 4 nitrogen and oxygen atoms in total. The number of aliphatic carboxylic acids is 1. The lowest BCUT2D eigenvalue weighted by Gasteiger charge is -2.22. The third kappa shape index (κ3) is 6.43. The van der Waals surface area contributed by atoms with Gasteiger partial charge in [-0.15, -0.1) is 0 Å². The Kier molecular flexibility index (Phi) is 6.77. The van der Waals surface area contributed by atoms with E-state index in [1.54, 1.807) is 18.9 Å². The summed E-state index contributed by atoms with van der Waals surface area (Å²) in [5, 5.41) is 8.59. The minimum absolute atomic E-state index is 0.0362. The molecule has 16 heavy (non-hydrogen) atoms. The highest BCUT2D eigenvalue weighted by Crippen LogP contribution is 2.11. The molecule has 94 valence electrons. The Hall–Kier alpha value is -1.06. The molecule has 1 amide bonds. The lowest BCUT2D eigenvalue weighted by atomic mass is 10.0. The number of hydrogen-bond acceptors (Lipinski definition) is 2. The van der Waals surface area contributed by atoms with Crippen LogP contribution in [0, 0.1) is 11.8 Å². The minimum atomic E-state index is -0.843. The third-order valence-electron chi connectivity index (χ3n) is 2.75. The van der Waals surface area contributed by atoms with Crippen molar-refractivity contribution < 1.29 is 14.7 Å². The highest BCUT2D eigenvalue weighted by Gasteiger charge is 2.16. The number of carbonyl (C=O) groups excluding carboxylic acids is 1. The van der Waals surface area contributed by atoms with Gasteiger partial charge in [0.15, 0.2) is 0 Å². The van der Waals surface area contributed by atoms with Crippen molar-refractivity contribution in [3.05, 3.63) is 0 Å². The second-order valence-electron chi connectivity index (χ2n) is 4.69. The van der Waals surface area contributed by atoms with Crippen molar-refractivity contribution >= 4 is 11.9 Å². The fourth-order valence-corrected chi connectivity index (χ4v) is 1.52. The van der Waals surface area contributed by atoms with Gasteiger partial charge >= 0.3 is 5.97 Å². The molecule has 2 unspecified atom stereocenters. The summed E-state index contributed by atoms with van der Waals surface area (Å²) in [6.45, 7) is 6.73. The quantitative estimate of drug-likeness (QED) is 0.726. The van der Waals surface area contributed by atoms with Crippen molar-refractivity contribution in [2.24, 2.45) is 11.8 Å². The predicted octanol–water partition coefficient (Wildman–Crippen LogP) is 1.99. The van der Waals surface area contributed by atoms with Crippen LogP contribution in [0.4, 0.5) is 0 Å². The van der Waals surface area contributed by atoms with Gasteiger partial charge in [0.25, 0.3) is 0 Å². The molecule has 0 radical (unpaired) electrons. The Bertz CT molecular complexity index is 240. The zero-order chi connectivity index (χ0) is 12.7. The average Bonchev–Trinajstić information content (AvgIpc) is 2.15. The SMILES string of the molecule is CCC(C)CN(C)C(=O)CC(C)CC(=O)O. The van der Waals surface area contributed by atoms with Crippen molar-refractivity contribution in [3.63, 3.8) is 0 Å². The summed E-state index contributed by atoms with van der Waals surface area (Å²) in [7, 11) is 1.78. The Morgan fingerprint density at radius 1 is 1.19 bits per heavy atom. The Morgan fingerprint density at radius 3 is 2.19 bits per heavy atom. The van der Waals surface area contributed by atoms with Gasteiger partial charge in [-0.25, -0.2) is 0 Å². The zero-order valence-electron chi connectivity index (χ0n) is 10.7. The highest BCUT2D eigenvalue weighted by molar-refractivity contribution is 5.77. The van der Waals surface area contributed by atoms with Crippen molar-refractivity contribution in [2.45, 2.75) is 40.0 Å². The molecule has 2 atom stereocenters. The first kappa shape index (κ1) is 14.9. The molecular formula is C12H23NO3. The van der Waals surface area contributed by atoms with E-state index in [2.05, 4.69) is 13.8 Å². The number of rotatable bonds is 7. The lowest BCUT2D eigenvalue weighted by Crippen LogP contribution is -2.32. The summed E-state index contributed by atoms with van der Waals surface area (Å²) >= 11 is 0. The Labute approximate surface area is 97.6 Å². The van der Waals surface area contributed by atoms with Gasteiger partial charge in [-0.05, 0) is 11.8 Å². The van der Waals surface area contributed by atoms with E-state index in [-0.39, 0.29) is 18.2 Å². The predicted molar refractivity (Wildman–Crippen MR) is 63.1 cm³/mol. The second kappa shape index (κ2) is 7.25. The molecule has 0 fully saturated rings. The summed E-state index contributed by atoms with van der Waals surface area (Å²) in [6, 6.07) is 0. The summed E-state index contributed by atoms with van der Waals surface area (Å²) in [5.74, 6) is -0.410. The molecule has 0 bridgehead atoms. The van der Waals surface area contributed by atoms with E-state index in [1.165, 1.54) is 0 Å². The van der Waals surface area contributed by atoms with Crippen LogP contribution >= 0.6 is 0 Å². The molecule has 0 aliphatic carbocycles. The van der Waals surface area contributed by atoms with Crippen LogP contribution in [0.1, 0.15) is 40.0 Å². The Morgan fingerprint density at radius 2 is 1.75 bits per heavy atom. The van der Waals surface area contributed by atoms with Crippen LogP contribution in [0.15, 0.2) is 0 Å². The molecule has 0 heterocycles. The van der Waals surface area contributed by atoms with Gasteiger partial charge in [0.05, 0.1) is 0 Å². The molecule has 0 spiro atoms. The molecule has 0 aromatic rings. The standard InChI is InChI=1S/C12H23NO3/c1-5-9(2)8-13(4)11(14)6-10(3)7-12(15)16/h9-10H,5-8H2,1-4H3,(H,15,16). The number of carbonyl (C=O) groups is 2. The van der Waals surface area contributed by atoms with Crippen LogP contribution in [0.5, 0.6) is 0 Å². The maximum atomic E-state index is 11.7. The van der Waals surface area contributed by atoms with E-state index >= 15 is 0 Å². The number of nitrogens with zero attached hydrogens (tertiary/aromatic N) is 1. The van der Waals surface area contributed by atoms with Gasteiger partial charge in [-0.2, -0.15) is 0 Å². The van der Waals surface area contributed by atoms with Gasteiger partial charge in [0.1, 0.15) is 0 Å². The fourth-order valence-electron chi connectivity index (χ4n) is 1.52. The summed E-state index contributed by atoms with van der Waals surface area (Å²) < 4.78 is 0. The van der Waals surface area contributed by atoms with E-state index < -0.39 is 5.97 Å². The molecule has 0 aliphatic rings. The summed E-state index contributed by atoms with van der Waals surface area (Å²) in [5.41, 5.74) is 0. The van der Waals surface area contributed by atoms with Gasteiger partial charge in [0.2, 0.25) is 5.91 Å². The molecule has 4 heteroatoms. The Balaban J connectivity index is 3.99. The minimum Gasteiger partial charge on any atom is -0.481 e. The molecular weight excluding hydrogens is 206 g/mol. The number of carboxylic acid groups (broad SMARTS) is 1. The second-order valence-corrected chi connectivity index (χ2v) is 4.69. The van der Waals surface area contributed by atoms with E-state index in [1.807, 2.05) is 0 Å². The average molecular weight is 229 g/mol. The molecule has 0 aromatic heterocycles. The van der Waals surface area contributed by atoms with Crippen LogP contribution in [0.2, 0.25) is 0 Å². The van der Waals surface area contributed by atoms with E-state index in [0.717, 1.165) is 13.0 Å². The summed E-state index contributed by atoms with van der Waals surface area (Å²) in [4.78, 5) is 23.9.